The van der Waals surface area contributed by atoms with Crippen LogP contribution in [0.2, 0.25) is 0 Å². The molecule has 2 aromatic carbocycles. The summed E-state index contributed by atoms with van der Waals surface area (Å²) in [4.78, 5) is 21.5. The van der Waals surface area contributed by atoms with Crippen LogP contribution in [0, 0.1) is 13.7 Å². The van der Waals surface area contributed by atoms with Crippen molar-refractivity contribution in [2.45, 2.75) is 0 Å². The van der Waals surface area contributed by atoms with Gasteiger partial charge >= 0.3 is 5.69 Å². The molecule has 1 amide bonds. The quantitative estimate of drug-likeness (QED) is 0.498. The zero-order chi connectivity index (χ0) is 14.7. The van der Waals surface area contributed by atoms with Gasteiger partial charge in [-0.3, -0.25) is 14.9 Å². The van der Waals surface area contributed by atoms with E-state index in [1.807, 2.05) is 6.07 Å². The van der Waals surface area contributed by atoms with Gasteiger partial charge in [-0.15, -0.1) is 0 Å². The summed E-state index contributed by atoms with van der Waals surface area (Å²) in [5, 5.41) is 11.0. The van der Waals surface area contributed by atoms with Crippen molar-refractivity contribution in [3.63, 3.8) is 0 Å². The number of nitrogens with two attached hydrogens (primary N) is 1. The van der Waals surface area contributed by atoms with Crippen molar-refractivity contribution in [3.05, 3.63) is 61.7 Å². The van der Waals surface area contributed by atoms with E-state index in [0.717, 1.165) is 9.64 Å². The van der Waals surface area contributed by atoms with Gasteiger partial charge in [-0.25, -0.2) is 0 Å². The van der Waals surface area contributed by atoms with E-state index < -0.39 is 10.8 Å². The molecular formula is C13H9IN2O4. The SMILES string of the molecule is NC(=O)c1ccc(Oc2cccc(I)c2)c([N+](=O)[O-])c1. The van der Waals surface area contributed by atoms with E-state index in [2.05, 4.69) is 22.6 Å². The molecule has 2 rings (SSSR count). The number of ether oxygens (including phenoxy) is 1. The number of hydrogen-bond donors (Lipinski definition) is 1. The van der Waals surface area contributed by atoms with Gasteiger partial charge in [-0.2, -0.15) is 0 Å². The van der Waals surface area contributed by atoms with Gasteiger partial charge in [0.25, 0.3) is 0 Å². The van der Waals surface area contributed by atoms with E-state index >= 15 is 0 Å². The van der Waals surface area contributed by atoms with Gasteiger partial charge in [0.1, 0.15) is 5.75 Å². The molecule has 0 saturated carbocycles. The summed E-state index contributed by atoms with van der Waals surface area (Å²) in [7, 11) is 0. The lowest BCUT2D eigenvalue weighted by Crippen LogP contribution is -2.11. The number of primary amides is 1. The third-order valence-corrected chi connectivity index (χ3v) is 3.14. The Morgan fingerprint density at radius 1 is 1.25 bits per heavy atom. The first kappa shape index (κ1) is 14.3. The van der Waals surface area contributed by atoms with Crippen molar-refractivity contribution < 1.29 is 14.5 Å². The Morgan fingerprint density at radius 3 is 2.60 bits per heavy atom. The summed E-state index contributed by atoms with van der Waals surface area (Å²) in [6.45, 7) is 0. The molecule has 0 aromatic heterocycles. The molecular weight excluding hydrogens is 375 g/mol. The molecule has 102 valence electrons. The van der Waals surface area contributed by atoms with Crippen LogP contribution in [0.15, 0.2) is 42.5 Å². The topological polar surface area (TPSA) is 95.5 Å². The third kappa shape index (κ3) is 3.23. The molecule has 0 aliphatic heterocycles. The molecule has 0 unspecified atom stereocenters. The first-order chi connectivity index (χ1) is 9.47. The first-order valence-corrected chi connectivity index (χ1v) is 6.57. The van der Waals surface area contributed by atoms with Crippen molar-refractivity contribution in [2.24, 2.45) is 5.73 Å². The van der Waals surface area contributed by atoms with Crippen molar-refractivity contribution in [1.82, 2.24) is 0 Å². The zero-order valence-electron chi connectivity index (χ0n) is 10.1. The molecule has 0 fully saturated rings. The predicted molar refractivity (Wildman–Crippen MR) is 80.8 cm³/mol. The van der Waals surface area contributed by atoms with Crippen molar-refractivity contribution in [1.29, 1.82) is 0 Å². The fourth-order valence-electron chi connectivity index (χ4n) is 1.56. The summed E-state index contributed by atoms with van der Waals surface area (Å²) in [5.74, 6) is -0.192. The minimum atomic E-state index is -0.728. The highest BCUT2D eigenvalue weighted by atomic mass is 127. The van der Waals surface area contributed by atoms with Crippen molar-refractivity contribution in [2.75, 3.05) is 0 Å². The van der Waals surface area contributed by atoms with E-state index in [4.69, 9.17) is 10.5 Å². The van der Waals surface area contributed by atoms with Crippen molar-refractivity contribution in [3.8, 4) is 11.5 Å². The number of nitrogens with zero attached hydrogens (tertiary/aromatic N) is 1. The molecule has 0 bridgehead atoms. The number of nitro benzene ring substituents is 1. The van der Waals surface area contributed by atoms with Gasteiger partial charge in [0.2, 0.25) is 11.7 Å². The average Bonchev–Trinajstić information content (AvgIpc) is 2.38. The van der Waals surface area contributed by atoms with Crippen LogP contribution in [-0.4, -0.2) is 10.8 Å². The maximum absolute atomic E-state index is 11.0. The van der Waals surface area contributed by atoms with Gasteiger partial charge in [0.15, 0.2) is 0 Å². The highest BCUT2D eigenvalue weighted by Gasteiger charge is 2.18. The Balaban J connectivity index is 2.41. The predicted octanol–water partition coefficient (Wildman–Crippen LogP) is 3.09. The summed E-state index contributed by atoms with van der Waals surface area (Å²) in [5.41, 5.74) is 4.86. The zero-order valence-corrected chi connectivity index (χ0v) is 12.2. The molecule has 0 heterocycles. The summed E-state index contributed by atoms with van der Waals surface area (Å²) >= 11 is 2.11. The van der Waals surface area contributed by atoms with Crippen LogP contribution < -0.4 is 10.5 Å². The number of hydrogen-bond acceptors (Lipinski definition) is 4. The fourth-order valence-corrected chi connectivity index (χ4v) is 2.07. The lowest BCUT2D eigenvalue weighted by Gasteiger charge is -2.07. The number of nitro groups is 1. The average molecular weight is 384 g/mol. The van der Waals surface area contributed by atoms with Crippen LogP contribution in [-0.2, 0) is 0 Å². The van der Waals surface area contributed by atoms with Crippen LogP contribution in [0.5, 0.6) is 11.5 Å². The van der Waals surface area contributed by atoms with E-state index in [1.165, 1.54) is 12.1 Å². The van der Waals surface area contributed by atoms with Gasteiger partial charge in [0, 0.05) is 15.2 Å². The number of carbonyl (C=O) groups excluding carboxylic acids is 1. The monoisotopic (exact) mass is 384 g/mol. The number of carbonyl (C=O) groups is 1. The lowest BCUT2D eigenvalue weighted by molar-refractivity contribution is -0.385. The fraction of sp³-hybridized carbons (Fsp3) is 0. The van der Waals surface area contributed by atoms with Crippen molar-refractivity contribution >= 4 is 34.2 Å². The van der Waals surface area contributed by atoms with E-state index in [9.17, 15) is 14.9 Å². The molecule has 0 atom stereocenters. The Hall–Kier alpha value is -2.16. The van der Waals surface area contributed by atoms with E-state index in [0.29, 0.717) is 5.75 Å². The Morgan fingerprint density at radius 2 is 2.00 bits per heavy atom. The highest BCUT2D eigenvalue weighted by Crippen LogP contribution is 2.32. The molecule has 2 aromatic rings. The second kappa shape index (κ2) is 5.87. The number of benzene rings is 2. The van der Waals surface area contributed by atoms with Crippen LogP contribution in [0.4, 0.5) is 5.69 Å². The van der Waals surface area contributed by atoms with Crippen LogP contribution >= 0.6 is 22.6 Å². The van der Waals surface area contributed by atoms with Crippen LogP contribution in [0.3, 0.4) is 0 Å². The molecule has 7 heteroatoms. The Labute approximate surface area is 127 Å². The Kier molecular flexibility index (Phi) is 4.18. The number of amides is 1. The summed E-state index contributed by atoms with van der Waals surface area (Å²) in [6.07, 6.45) is 0. The molecule has 0 radical (unpaired) electrons. The standard InChI is InChI=1S/C13H9IN2O4/c14-9-2-1-3-10(7-9)20-12-5-4-8(13(15)17)6-11(12)16(18)19/h1-7H,(H2,15,17). The number of halogens is 1. The molecule has 6 nitrogen and oxygen atoms in total. The minimum absolute atomic E-state index is 0.0574. The maximum atomic E-state index is 11.0. The molecule has 0 saturated heterocycles. The molecule has 0 spiro atoms. The second-order valence-corrected chi connectivity index (χ2v) is 5.11. The number of rotatable bonds is 4. The molecule has 0 aliphatic carbocycles. The highest BCUT2D eigenvalue weighted by molar-refractivity contribution is 14.1. The summed E-state index contributed by atoms with van der Waals surface area (Å²) < 4.78 is 6.43. The lowest BCUT2D eigenvalue weighted by atomic mass is 10.2. The smallest absolute Gasteiger partial charge is 0.312 e. The molecule has 0 aliphatic rings. The van der Waals surface area contributed by atoms with Gasteiger partial charge in [-0.1, -0.05) is 6.07 Å². The van der Waals surface area contributed by atoms with Crippen LogP contribution in [0.1, 0.15) is 10.4 Å². The normalized spacial score (nSPS) is 10.1. The largest absolute Gasteiger partial charge is 0.450 e. The molecule has 2 N–H and O–H groups in total. The van der Waals surface area contributed by atoms with Crippen LogP contribution in [0.25, 0.3) is 0 Å². The second-order valence-electron chi connectivity index (χ2n) is 3.86. The first-order valence-electron chi connectivity index (χ1n) is 5.49. The Bertz CT molecular complexity index is 688. The van der Waals surface area contributed by atoms with E-state index in [1.54, 1.807) is 18.2 Å². The van der Waals surface area contributed by atoms with Gasteiger partial charge < -0.3 is 10.5 Å². The maximum Gasteiger partial charge on any atom is 0.312 e. The summed E-state index contributed by atoms with van der Waals surface area (Å²) in [6, 6.07) is 10.9. The van der Waals surface area contributed by atoms with Gasteiger partial charge in [-0.05, 0) is 52.9 Å². The molecule has 20 heavy (non-hydrogen) atoms. The third-order valence-electron chi connectivity index (χ3n) is 2.46. The van der Waals surface area contributed by atoms with Gasteiger partial charge in [0.05, 0.1) is 4.92 Å². The van der Waals surface area contributed by atoms with E-state index in [-0.39, 0.29) is 17.0 Å². The minimum Gasteiger partial charge on any atom is -0.450 e.